The normalized spacial score (nSPS) is 12.0. The molecule has 1 aromatic carbocycles. The summed E-state index contributed by atoms with van der Waals surface area (Å²) in [4.78, 5) is 0. The first-order valence-corrected chi connectivity index (χ1v) is 5.97. The van der Waals surface area contributed by atoms with Crippen LogP contribution in [0.25, 0.3) is 5.57 Å². The van der Waals surface area contributed by atoms with Gasteiger partial charge in [0.15, 0.2) is 0 Å². The van der Waals surface area contributed by atoms with Gasteiger partial charge in [0.05, 0.1) is 0 Å². The molecule has 1 heteroatoms. The third-order valence-corrected chi connectivity index (χ3v) is 2.60. The molecule has 90 valence electrons. The molecule has 1 aromatic rings. The van der Waals surface area contributed by atoms with Crippen LogP contribution in [0.15, 0.2) is 55.1 Å². The smallest absolute Gasteiger partial charge is 0.0434 e. The molecule has 0 atom stereocenters. The number of aryl methyl sites for hydroxylation is 1. The lowest BCUT2D eigenvalue weighted by atomic mass is 10.0. The van der Waals surface area contributed by atoms with Gasteiger partial charge in [0.1, 0.15) is 0 Å². The third kappa shape index (κ3) is 4.41. The van der Waals surface area contributed by atoms with Crippen LogP contribution in [-0.2, 0) is 6.42 Å². The Morgan fingerprint density at radius 2 is 2.00 bits per heavy atom. The van der Waals surface area contributed by atoms with Gasteiger partial charge in [-0.1, -0.05) is 55.1 Å². The van der Waals surface area contributed by atoms with Gasteiger partial charge in [-0.05, 0) is 36.5 Å². The lowest BCUT2D eigenvalue weighted by molar-refractivity contribution is 0.288. The summed E-state index contributed by atoms with van der Waals surface area (Å²) in [5.74, 6) is 0. The average Bonchev–Trinajstić information content (AvgIpc) is 2.38. The van der Waals surface area contributed by atoms with Crippen LogP contribution in [0, 0.1) is 0 Å². The van der Waals surface area contributed by atoms with Crippen molar-refractivity contribution in [2.24, 2.45) is 0 Å². The van der Waals surface area contributed by atoms with Crippen molar-refractivity contribution in [3.63, 3.8) is 0 Å². The zero-order valence-electron chi connectivity index (χ0n) is 10.4. The number of aliphatic hydroxyl groups is 1. The van der Waals surface area contributed by atoms with E-state index in [0.717, 1.165) is 18.4 Å². The molecule has 0 radical (unpaired) electrons. The lowest BCUT2D eigenvalue weighted by Crippen LogP contribution is -1.90. The Morgan fingerprint density at radius 3 is 2.53 bits per heavy atom. The number of hydrogen-bond acceptors (Lipinski definition) is 1. The highest BCUT2D eigenvalue weighted by Gasteiger charge is 1.97. The van der Waals surface area contributed by atoms with Gasteiger partial charge in [0.25, 0.3) is 0 Å². The average molecular weight is 228 g/mol. The van der Waals surface area contributed by atoms with Crippen molar-refractivity contribution in [1.82, 2.24) is 0 Å². The monoisotopic (exact) mass is 228 g/mol. The van der Waals surface area contributed by atoms with Crippen LogP contribution < -0.4 is 0 Å². The van der Waals surface area contributed by atoms with Gasteiger partial charge < -0.3 is 5.11 Å². The number of allylic oxidation sites excluding steroid dienone is 5. The Bertz CT molecular complexity index is 396. The highest BCUT2D eigenvalue weighted by molar-refractivity contribution is 5.74. The predicted octanol–water partition coefficient (Wildman–Crippen LogP) is 3.76. The van der Waals surface area contributed by atoms with E-state index >= 15 is 0 Å². The minimum absolute atomic E-state index is 0.251. The largest absolute Gasteiger partial charge is 0.396 e. The third-order valence-electron chi connectivity index (χ3n) is 2.60. The molecule has 0 aromatic heterocycles. The minimum atomic E-state index is 0.251. The van der Waals surface area contributed by atoms with Crippen LogP contribution in [-0.4, -0.2) is 11.7 Å². The van der Waals surface area contributed by atoms with Crippen LogP contribution in [0.1, 0.15) is 24.5 Å². The topological polar surface area (TPSA) is 20.2 Å². The zero-order valence-corrected chi connectivity index (χ0v) is 10.4. The summed E-state index contributed by atoms with van der Waals surface area (Å²) in [5.41, 5.74) is 3.56. The number of hydrogen-bond donors (Lipinski definition) is 1. The molecule has 0 saturated heterocycles. The van der Waals surface area contributed by atoms with E-state index in [-0.39, 0.29) is 6.61 Å². The van der Waals surface area contributed by atoms with Crippen molar-refractivity contribution in [3.05, 3.63) is 66.3 Å². The van der Waals surface area contributed by atoms with Crippen molar-refractivity contribution in [2.75, 3.05) is 6.61 Å². The van der Waals surface area contributed by atoms with Gasteiger partial charge in [0, 0.05) is 6.61 Å². The van der Waals surface area contributed by atoms with Crippen molar-refractivity contribution >= 4 is 5.57 Å². The molecule has 0 aliphatic heterocycles. The van der Waals surface area contributed by atoms with E-state index in [1.807, 2.05) is 25.2 Å². The molecule has 0 aliphatic rings. The van der Waals surface area contributed by atoms with E-state index in [9.17, 15) is 0 Å². The van der Waals surface area contributed by atoms with Crippen LogP contribution in [0.3, 0.4) is 0 Å². The number of benzene rings is 1. The molecule has 17 heavy (non-hydrogen) atoms. The molecular weight excluding hydrogens is 208 g/mol. The first-order chi connectivity index (χ1) is 8.31. The summed E-state index contributed by atoms with van der Waals surface area (Å²) in [6, 6.07) is 8.42. The Hall–Kier alpha value is -1.60. The maximum atomic E-state index is 8.78. The standard InChI is InChI=1S/C16H20O/c1-3-5-8-15(4-2)16-11-9-14(10-12-16)7-6-13-17/h3-5,8-12,17H,2,6-7,13H2,1H3/b5-3-,15-8+. The van der Waals surface area contributed by atoms with Gasteiger partial charge in [-0.3, -0.25) is 0 Å². The first kappa shape index (κ1) is 13.5. The van der Waals surface area contributed by atoms with Crippen LogP contribution in [0.4, 0.5) is 0 Å². The molecule has 1 rings (SSSR count). The van der Waals surface area contributed by atoms with E-state index in [1.54, 1.807) is 0 Å². The van der Waals surface area contributed by atoms with E-state index in [4.69, 9.17) is 5.11 Å². The quantitative estimate of drug-likeness (QED) is 0.735. The molecule has 0 unspecified atom stereocenters. The van der Waals surface area contributed by atoms with Crippen LogP contribution >= 0.6 is 0 Å². The second kappa shape index (κ2) is 7.64. The fourth-order valence-corrected chi connectivity index (χ4v) is 1.63. The molecule has 0 fully saturated rings. The SMILES string of the molecule is C=C/C(=C\C=C/C)c1ccc(CCCO)cc1. The maximum Gasteiger partial charge on any atom is 0.0434 e. The van der Waals surface area contributed by atoms with Crippen molar-refractivity contribution in [3.8, 4) is 0 Å². The van der Waals surface area contributed by atoms with Gasteiger partial charge in [-0.25, -0.2) is 0 Å². The van der Waals surface area contributed by atoms with Gasteiger partial charge >= 0.3 is 0 Å². The number of aliphatic hydroxyl groups excluding tert-OH is 1. The first-order valence-electron chi connectivity index (χ1n) is 5.97. The Balaban J connectivity index is 2.81. The van der Waals surface area contributed by atoms with Crippen LogP contribution in [0.2, 0.25) is 0 Å². The maximum absolute atomic E-state index is 8.78. The molecule has 0 bridgehead atoms. The molecular formula is C16H20O. The Morgan fingerprint density at radius 1 is 1.29 bits per heavy atom. The molecule has 0 aliphatic carbocycles. The highest BCUT2D eigenvalue weighted by Crippen LogP contribution is 2.17. The van der Waals surface area contributed by atoms with Crippen molar-refractivity contribution in [2.45, 2.75) is 19.8 Å². The van der Waals surface area contributed by atoms with E-state index in [2.05, 4.69) is 36.9 Å². The summed E-state index contributed by atoms with van der Waals surface area (Å²) in [6.45, 7) is 6.07. The molecule has 0 saturated carbocycles. The molecule has 1 N–H and O–H groups in total. The molecule has 0 spiro atoms. The molecule has 0 amide bonds. The summed E-state index contributed by atoms with van der Waals surface area (Å²) in [7, 11) is 0. The fourth-order valence-electron chi connectivity index (χ4n) is 1.63. The second-order valence-corrected chi connectivity index (χ2v) is 3.88. The van der Waals surface area contributed by atoms with E-state index in [0.29, 0.717) is 0 Å². The van der Waals surface area contributed by atoms with E-state index in [1.165, 1.54) is 11.1 Å². The van der Waals surface area contributed by atoms with Crippen molar-refractivity contribution < 1.29 is 5.11 Å². The Kier molecular flexibility index (Phi) is 6.05. The molecule has 1 nitrogen and oxygen atoms in total. The lowest BCUT2D eigenvalue weighted by Gasteiger charge is -2.04. The summed E-state index contributed by atoms with van der Waals surface area (Å²) in [5, 5.41) is 8.78. The summed E-state index contributed by atoms with van der Waals surface area (Å²) < 4.78 is 0. The molecule has 0 heterocycles. The van der Waals surface area contributed by atoms with Crippen molar-refractivity contribution in [1.29, 1.82) is 0 Å². The zero-order chi connectivity index (χ0) is 12.5. The minimum Gasteiger partial charge on any atom is -0.396 e. The summed E-state index contributed by atoms with van der Waals surface area (Å²) >= 11 is 0. The Labute approximate surface area is 104 Å². The second-order valence-electron chi connectivity index (χ2n) is 3.88. The van der Waals surface area contributed by atoms with Crippen LogP contribution in [0.5, 0.6) is 0 Å². The summed E-state index contributed by atoms with van der Waals surface area (Å²) in [6.07, 6.45) is 9.68. The van der Waals surface area contributed by atoms with E-state index < -0.39 is 0 Å². The van der Waals surface area contributed by atoms with Gasteiger partial charge in [-0.15, -0.1) is 0 Å². The van der Waals surface area contributed by atoms with Gasteiger partial charge in [-0.2, -0.15) is 0 Å². The van der Waals surface area contributed by atoms with Gasteiger partial charge in [0.2, 0.25) is 0 Å². The number of rotatable bonds is 6. The highest BCUT2D eigenvalue weighted by atomic mass is 16.2. The fraction of sp³-hybridized carbons (Fsp3) is 0.250. The predicted molar refractivity (Wildman–Crippen MR) is 74.8 cm³/mol.